The highest BCUT2D eigenvalue weighted by molar-refractivity contribution is 9.10. The molecule has 0 aliphatic heterocycles. The van der Waals surface area contributed by atoms with Gasteiger partial charge in [-0.05, 0) is 24.6 Å². The largest absolute Gasteiger partial charge is 0.381 e. The highest BCUT2D eigenvalue weighted by atomic mass is 79.9. The van der Waals surface area contributed by atoms with Crippen LogP contribution in [0.15, 0.2) is 28.7 Å². The molecule has 1 unspecified atom stereocenters. The highest BCUT2D eigenvalue weighted by Gasteiger charge is 2.09. The van der Waals surface area contributed by atoms with Crippen LogP contribution in [0.1, 0.15) is 18.4 Å². The van der Waals surface area contributed by atoms with E-state index in [2.05, 4.69) is 50.1 Å². The number of hydrogen-bond donors (Lipinski definition) is 0. The first-order chi connectivity index (χ1) is 6.77. The Bertz CT molecular complexity index is 276. The van der Waals surface area contributed by atoms with Gasteiger partial charge in [0.05, 0.1) is 6.61 Å². The summed E-state index contributed by atoms with van der Waals surface area (Å²) in [4.78, 5) is 0. The summed E-state index contributed by atoms with van der Waals surface area (Å²) in [5.74, 6) is 0.437. The number of rotatable bonds is 5. The Morgan fingerprint density at radius 3 is 2.79 bits per heavy atom. The van der Waals surface area contributed by atoms with Gasteiger partial charge in [0.1, 0.15) is 0 Å². The molecule has 1 rings (SSSR count). The fourth-order valence-corrected chi connectivity index (χ4v) is 2.23. The van der Waals surface area contributed by atoms with Crippen molar-refractivity contribution >= 4 is 31.9 Å². The third kappa shape index (κ3) is 3.71. The Balaban J connectivity index is 2.68. The van der Waals surface area contributed by atoms with Crippen molar-refractivity contribution in [3.63, 3.8) is 0 Å². The van der Waals surface area contributed by atoms with Crippen LogP contribution in [0.2, 0.25) is 0 Å². The molecule has 3 heteroatoms. The molecule has 0 spiro atoms. The van der Waals surface area contributed by atoms with E-state index in [1.807, 2.05) is 13.0 Å². The molecule has 1 aromatic rings. The number of hydrogen-bond acceptors (Lipinski definition) is 1. The van der Waals surface area contributed by atoms with Gasteiger partial charge in [0.25, 0.3) is 0 Å². The summed E-state index contributed by atoms with van der Waals surface area (Å²) < 4.78 is 6.56. The van der Waals surface area contributed by atoms with Gasteiger partial charge in [-0.25, -0.2) is 0 Å². The number of ether oxygens (including phenoxy) is 1. The summed E-state index contributed by atoms with van der Waals surface area (Å²) in [6.45, 7) is 3.57. The van der Waals surface area contributed by atoms with Crippen LogP contribution in [0.25, 0.3) is 0 Å². The zero-order valence-corrected chi connectivity index (χ0v) is 11.3. The molecular formula is C11H14Br2O. The maximum atomic E-state index is 5.44. The topological polar surface area (TPSA) is 9.23 Å². The summed E-state index contributed by atoms with van der Waals surface area (Å²) in [5, 5.41) is 0.934. The maximum Gasteiger partial charge on any atom is 0.0542 e. The molecule has 0 aliphatic rings. The van der Waals surface area contributed by atoms with Crippen LogP contribution in [0, 0.1) is 0 Å². The molecule has 0 saturated heterocycles. The normalized spacial score (nSPS) is 12.8. The van der Waals surface area contributed by atoms with Gasteiger partial charge in [-0.15, -0.1) is 0 Å². The predicted molar refractivity (Wildman–Crippen MR) is 67.2 cm³/mol. The third-order valence-electron chi connectivity index (χ3n) is 2.03. The van der Waals surface area contributed by atoms with Gasteiger partial charge in [-0.1, -0.05) is 44.0 Å². The van der Waals surface area contributed by atoms with Crippen molar-refractivity contribution in [1.29, 1.82) is 0 Å². The van der Waals surface area contributed by atoms with Crippen LogP contribution >= 0.6 is 31.9 Å². The molecule has 0 radical (unpaired) electrons. The molecule has 0 fully saturated rings. The lowest BCUT2D eigenvalue weighted by Crippen LogP contribution is -2.09. The van der Waals surface area contributed by atoms with Gasteiger partial charge in [-0.3, -0.25) is 0 Å². The summed E-state index contributed by atoms with van der Waals surface area (Å²) in [5.41, 5.74) is 1.31. The van der Waals surface area contributed by atoms with Crippen molar-refractivity contribution < 1.29 is 4.74 Å². The van der Waals surface area contributed by atoms with Crippen molar-refractivity contribution in [1.82, 2.24) is 0 Å². The zero-order chi connectivity index (χ0) is 10.4. The van der Waals surface area contributed by atoms with Crippen molar-refractivity contribution in [3.05, 3.63) is 34.3 Å². The Morgan fingerprint density at radius 2 is 2.21 bits per heavy atom. The second-order valence-electron chi connectivity index (χ2n) is 3.07. The van der Waals surface area contributed by atoms with Crippen LogP contribution in [0.3, 0.4) is 0 Å². The molecule has 0 aromatic heterocycles. The quantitative estimate of drug-likeness (QED) is 0.746. The lowest BCUT2D eigenvalue weighted by atomic mass is 10.0. The van der Waals surface area contributed by atoms with Crippen LogP contribution in [-0.4, -0.2) is 18.5 Å². The van der Waals surface area contributed by atoms with E-state index < -0.39 is 0 Å². The number of halogens is 2. The van der Waals surface area contributed by atoms with E-state index >= 15 is 0 Å². The Labute approximate surface area is 102 Å². The average molecular weight is 322 g/mol. The minimum absolute atomic E-state index is 0.437. The average Bonchev–Trinajstić information content (AvgIpc) is 2.19. The molecule has 0 saturated carbocycles. The predicted octanol–water partition coefficient (Wildman–Crippen LogP) is 3.96. The van der Waals surface area contributed by atoms with Crippen molar-refractivity contribution in [2.45, 2.75) is 12.8 Å². The first kappa shape index (κ1) is 12.2. The first-order valence-corrected chi connectivity index (χ1v) is 6.58. The second kappa shape index (κ2) is 6.59. The molecule has 0 aliphatic carbocycles. The molecule has 1 aromatic carbocycles. The van der Waals surface area contributed by atoms with E-state index in [4.69, 9.17) is 4.74 Å². The summed E-state index contributed by atoms with van der Waals surface area (Å²) in [7, 11) is 0. The highest BCUT2D eigenvalue weighted by Crippen LogP contribution is 2.22. The van der Waals surface area contributed by atoms with Crippen LogP contribution < -0.4 is 0 Å². The molecule has 0 N–H and O–H groups in total. The molecule has 14 heavy (non-hydrogen) atoms. The van der Waals surface area contributed by atoms with Crippen molar-refractivity contribution in [3.8, 4) is 0 Å². The van der Waals surface area contributed by atoms with E-state index in [-0.39, 0.29) is 0 Å². The van der Waals surface area contributed by atoms with Gasteiger partial charge >= 0.3 is 0 Å². The van der Waals surface area contributed by atoms with Crippen molar-refractivity contribution in [2.75, 3.05) is 18.5 Å². The van der Waals surface area contributed by atoms with Gasteiger partial charge in [0, 0.05) is 22.3 Å². The molecule has 0 amide bonds. The second-order valence-corrected chi connectivity index (χ2v) is 4.63. The summed E-state index contributed by atoms with van der Waals surface area (Å²) in [6, 6.07) is 8.37. The van der Waals surface area contributed by atoms with Gasteiger partial charge < -0.3 is 4.74 Å². The molecule has 0 heterocycles. The van der Waals surface area contributed by atoms with Crippen LogP contribution in [0.4, 0.5) is 0 Å². The van der Waals surface area contributed by atoms with E-state index in [0.717, 1.165) is 23.0 Å². The van der Waals surface area contributed by atoms with Crippen LogP contribution in [0.5, 0.6) is 0 Å². The Hall–Kier alpha value is 0.140. The minimum Gasteiger partial charge on any atom is -0.381 e. The zero-order valence-electron chi connectivity index (χ0n) is 8.17. The smallest absolute Gasteiger partial charge is 0.0542 e. The first-order valence-electron chi connectivity index (χ1n) is 4.67. The van der Waals surface area contributed by atoms with E-state index in [0.29, 0.717) is 5.92 Å². The monoisotopic (exact) mass is 320 g/mol. The molecule has 1 atom stereocenters. The molecule has 78 valence electrons. The fourth-order valence-electron chi connectivity index (χ4n) is 1.25. The molecule has 1 nitrogen and oxygen atoms in total. The molecule has 0 bridgehead atoms. The summed E-state index contributed by atoms with van der Waals surface area (Å²) >= 11 is 6.98. The minimum atomic E-state index is 0.437. The Morgan fingerprint density at radius 1 is 1.43 bits per heavy atom. The van der Waals surface area contributed by atoms with Crippen LogP contribution in [-0.2, 0) is 4.74 Å². The van der Waals surface area contributed by atoms with Gasteiger partial charge in [0.2, 0.25) is 0 Å². The maximum absolute atomic E-state index is 5.44. The van der Waals surface area contributed by atoms with E-state index in [1.54, 1.807) is 0 Å². The van der Waals surface area contributed by atoms with E-state index in [9.17, 15) is 0 Å². The summed E-state index contributed by atoms with van der Waals surface area (Å²) in [6.07, 6.45) is 0. The Kier molecular flexibility index (Phi) is 5.75. The third-order valence-corrected chi connectivity index (χ3v) is 3.30. The van der Waals surface area contributed by atoms with Crippen molar-refractivity contribution in [2.24, 2.45) is 0 Å². The lowest BCUT2D eigenvalue weighted by molar-refractivity contribution is 0.137. The standard InChI is InChI=1S/C11H14Br2O/c1-2-14-8-10(7-12)9-4-3-5-11(13)6-9/h3-6,10H,2,7-8H2,1H3. The molecular weight excluding hydrogens is 308 g/mol. The fraction of sp³-hybridized carbons (Fsp3) is 0.455. The van der Waals surface area contributed by atoms with E-state index in [1.165, 1.54) is 5.56 Å². The van der Waals surface area contributed by atoms with Gasteiger partial charge in [-0.2, -0.15) is 0 Å². The SMILES string of the molecule is CCOCC(CBr)c1cccc(Br)c1. The number of benzene rings is 1. The van der Waals surface area contributed by atoms with Gasteiger partial charge in [0.15, 0.2) is 0 Å². The lowest BCUT2D eigenvalue weighted by Gasteiger charge is -2.14. The number of alkyl halides is 1.